The lowest BCUT2D eigenvalue weighted by Gasteiger charge is -2.26. The topological polar surface area (TPSA) is 58.4 Å². The fourth-order valence-electron chi connectivity index (χ4n) is 2.16. The zero-order valence-corrected chi connectivity index (χ0v) is 11.1. The molecule has 1 saturated carbocycles. The van der Waals surface area contributed by atoms with Crippen LogP contribution in [0.1, 0.15) is 25.7 Å². The normalized spacial score (nSPS) is 18.2. The van der Waals surface area contributed by atoms with Crippen LogP contribution in [-0.4, -0.2) is 44.5 Å². The number of hydrogen-bond acceptors (Lipinski definition) is 3. The summed E-state index contributed by atoms with van der Waals surface area (Å²) in [5, 5.41) is 2.99. The number of carbonyl (C=O) groups excluding carboxylic acids is 1. The molecule has 0 aromatic carbocycles. The average Bonchev–Trinajstić information content (AvgIpc) is 2.66. The van der Waals surface area contributed by atoms with Crippen LogP contribution in [0.5, 0.6) is 0 Å². The number of amides is 1. The second-order valence-corrected chi connectivity index (χ2v) is 4.75. The Labute approximate surface area is 104 Å². The van der Waals surface area contributed by atoms with E-state index in [1.54, 1.807) is 0 Å². The molecule has 5 heteroatoms. The summed E-state index contributed by atoms with van der Waals surface area (Å²) in [6, 6.07) is 0. The molecule has 0 aromatic rings. The van der Waals surface area contributed by atoms with Crippen LogP contribution in [0.25, 0.3) is 0 Å². The maximum atomic E-state index is 12.0. The van der Waals surface area contributed by atoms with E-state index in [9.17, 15) is 4.79 Å². The van der Waals surface area contributed by atoms with Crippen LogP contribution in [-0.2, 0) is 4.79 Å². The van der Waals surface area contributed by atoms with Crippen molar-refractivity contribution in [2.75, 3.05) is 33.7 Å². The monoisotopic (exact) mass is 249 g/mol. The molecule has 0 atom stereocenters. The minimum atomic E-state index is -0.258. The Bertz CT molecular complexity index is 215. The number of carbonyl (C=O) groups is 1. The molecule has 16 heavy (non-hydrogen) atoms. The third-order valence-electron chi connectivity index (χ3n) is 3.28. The summed E-state index contributed by atoms with van der Waals surface area (Å²) in [5.41, 5.74) is 5.47. The first-order chi connectivity index (χ1) is 7.10. The lowest BCUT2D eigenvalue weighted by atomic mass is 9.85. The van der Waals surface area contributed by atoms with Crippen molar-refractivity contribution in [3.05, 3.63) is 0 Å². The van der Waals surface area contributed by atoms with Gasteiger partial charge in [-0.1, -0.05) is 12.8 Å². The van der Waals surface area contributed by atoms with Crippen molar-refractivity contribution in [1.82, 2.24) is 10.2 Å². The van der Waals surface area contributed by atoms with Crippen molar-refractivity contribution >= 4 is 18.3 Å². The molecule has 1 rings (SSSR count). The van der Waals surface area contributed by atoms with Crippen LogP contribution < -0.4 is 11.1 Å². The molecule has 0 bridgehead atoms. The van der Waals surface area contributed by atoms with Gasteiger partial charge in [-0.2, -0.15) is 0 Å². The van der Waals surface area contributed by atoms with Gasteiger partial charge in [-0.3, -0.25) is 4.79 Å². The van der Waals surface area contributed by atoms with Crippen molar-refractivity contribution < 1.29 is 4.79 Å². The van der Waals surface area contributed by atoms with Gasteiger partial charge in [0.05, 0.1) is 5.41 Å². The number of nitrogens with two attached hydrogens (primary N) is 1. The first-order valence-corrected chi connectivity index (χ1v) is 5.74. The highest BCUT2D eigenvalue weighted by Crippen LogP contribution is 2.37. The first-order valence-electron chi connectivity index (χ1n) is 5.74. The van der Waals surface area contributed by atoms with Crippen LogP contribution in [0.3, 0.4) is 0 Å². The highest BCUT2D eigenvalue weighted by molar-refractivity contribution is 5.85. The van der Waals surface area contributed by atoms with E-state index in [0.717, 1.165) is 32.2 Å². The Balaban J connectivity index is 0.00000225. The lowest BCUT2D eigenvalue weighted by molar-refractivity contribution is -0.130. The molecule has 1 fully saturated rings. The summed E-state index contributed by atoms with van der Waals surface area (Å²) < 4.78 is 0. The fraction of sp³-hybridized carbons (Fsp3) is 0.909. The summed E-state index contributed by atoms with van der Waals surface area (Å²) in [5.74, 6) is 0.157. The van der Waals surface area contributed by atoms with Crippen molar-refractivity contribution in [2.24, 2.45) is 11.1 Å². The van der Waals surface area contributed by atoms with E-state index in [0.29, 0.717) is 13.1 Å². The molecule has 0 unspecified atom stereocenters. The average molecular weight is 250 g/mol. The van der Waals surface area contributed by atoms with Gasteiger partial charge in [0.1, 0.15) is 0 Å². The number of rotatable bonds is 5. The van der Waals surface area contributed by atoms with Crippen molar-refractivity contribution in [3.63, 3.8) is 0 Å². The van der Waals surface area contributed by atoms with Gasteiger partial charge < -0.3 is 16.0 Å². The lowest BCUT2D eigenvalue weighted by Crippen LogP contribution is -2.45. The van der Waals surface area contributed by atoms with Gasteiger partial charge in [0.2, 0.25) is 5.91 Å². The van der Waals surface area contributed by atoms with Gasteiger partial charge in [0, 0.05) is 19.6 Å². The van der Waals surface area contributed by atoms with Gasteiger partial charge in [0.25, 0.3) is 0 Å². The Morgan fingerprint density at radius 2 is 1.94 bits per heavy atom. The van der Waals surface area contributed by atoms with Gasteiger partial charge >= 0.3 is 0 Å². The van der Waals surface area contributed by atoms with E-state index < -0.39 is 0 Å². The van der Waals surface area contributed by atoms with Crippen LogP contribution in [0.2, 0.25) is 0 Å². The predicted molar refractivity (Wildman–Crippen MR) is 68.8 cm³/mol. The summed E-state index contributed by atoms with van der Waals surface area (Å²) in [6.07, 6.45) is 4.19. The summed E-state index contributed by atoms with van der Waals surface area (Å²) in [6.45, 7) is 2.08. The first kappa shape index (κ1) is 15.7. The third-order valence-corrected chi connectivity index (χ3v) is 3.28. The van der Waals surface area contributed by atoms with Gasteiger partial charge in [-0.15, -0.1) is 12.4 Å². The molecule has 96 valence electrons. The van der Waals surface area contributed by atoms with Crippen LogP contribution in [0.4, 0.5) is 0 Å². The summed E-state index contributed by atoms with van der Waals surface area (Å²) in [7, 11) is 4.00. The molecular formula is C11H24ClN3O. The number of nitrogens with one attached hydrogen (secondary N) is 1. The molecule has 0 aromatic heterocycles. The zero-order valence-electron chi connectivity index (χ0n) is 10.3. The molecule has 4 nitrogen and oxygen atoms in total. The molecule has 0 spiro atoms. The largest absolute Gasteiger partial charge is 0.354 e. The molecule has 0 heterocycles. The molecule has 1 aliphatic rings. The van der Waals surface area contributed by atoms with Gasteiger partial charge in [-0.05, 0) is 26.9 Å². The fourth-order valence-corrected chi connectivity index (χ4v) is 2.16. The maximum Gasteiger partial charge on any atom is 0.227 e. The molecule has 0 aliphatic heterocycles. The predicted octanol–water partition coefficient (Wildman–Crippen LogP) is 0.605. The minimum Gasteiger partial charge on any atom is -0.354 e. The van der Waals surface area contributed by atoms with E-state index in [4.69, 9.17) is 5.73 Å². The third kappa shape index (κ3) is 3.92. The number of likely N-dealkylation sites (N-methyl/N-ethyl adjacent to an activating group) is 1. The van der Waals surface area contributed by atoms with Gasteiger partial charge in [-0.25, -0.2) is 0 Å². The van der Waals surface area contributed by atoms with Crippen molar-refractivity contribution in [1.29, 1.82) is 0 Å². The second-order valence-electron chi connectivity index (χ2n) is 4.75. The minimum absolute atomic E-state index is 0. The smallest absolute Gasteiger partial charge is 0.227 e. The Hall–Kier alpha value is -0.320. The van der Waals surface area contributed by atoms with Crippen molar-refractivity contribution in [2.45, 2.75) is 25.7 Å². The van der Waals surface area contributed by atoms with E-state index in [1.165, 1.54) is 0 Å². The Morgan fingerprint density at radius 1 is 1.38 bits per heavy atom. The highest BCUT2D eigenvalue weighted by atomic mass is 35.5. The molecule has 0 radical (unpaired) electrons. The van der Waals surface area contributed by atoms with Crippen LogP contribution in [0.15, 0.2) is 0 Å². The van der Waals surface area contributed by atoms with Crippen LogP contribution in [0, 0.1) is 5.41 Å². The highest BCUT2D eigenvalue weighted by Gasteiger charge is 2.39. The van der Waals surface area contributed by atoms with E-state index in [-0.39, 0.29) is 23.7 Å². The number of halogens is 1. The SMILES string of the molecule is CN(C)CCNC(=O)C1(CN)CCCC1.Cl. The van der Waals surface area contributed by atoms with Gasteiger partial charge in [0.15, 0.2) is 0 Å². The number of nitrogens with zero attached hydrogens (tertiary/aromatic N) is 1. The maximum absolute atomic E-state index is 12.0. The van der Waals surface area contributed by atoms with Crippen molar-refractivity contribution in [3.8, 4) is 0 Å². The molecular weight excluding hydrogens is 226 g/mol. The van der Waals surface area contributed by atoms with E-state index >= 15 is 0 Å². The van der Waals surface area contributed by atoms with Crippen LogP contribution >= 0.6 is 12.4 Å². The Kier molecular flexibility index (Phi) is 6.95. The molecule has 1 amide bonds. The zero-order chi connectivity index (χ0) is 11.3. The quantitative estimate of drug-likeness (QED) is 0.751. The molecule has 0 saturated heterocycles. The molecule has 1 aliphatic carbocycles. The van der Waals surface area contributed by atoms with E-state index in [1.807, 2.05) is 14.1 Å². The summed E-state index contributed by atoms with van der Waals surface area (Å²) >= 11 is 0. The standard InChI is InChI=1S/C11H23N3O.ClH/c1-14(2)8-7-13-10(15)11(9-12)5-3-4-6-11;/h3-9,12H2,1-2H3,(H,13,15);1H. The van der Waals surface area contributed by atoms with E-state index in [2.05, 4.69) is 10.2 Å². The summed E-state index contributed by atoms with van der Waals surface area (Å²) in [4.78, 5) is 14.0. The molecule has 3 N–H and O–H groups in total. The second kappa shape index (κ2) is 7.09. The number of hydrogen-bond donors (Lipinski definition) is 2. The Morgan fingerprint density at radius 3 is 2.38 bits per heavy atom.